The van der Waals surface area contributed by atoms with Gasteiger partial charge in [0.05, 0.1) is 35.7 Å². The Kier molecular flexibility index (Phi) is 4.30. The smallest absolute Gasteiger partial charge is 0.221 e. The first-order chi connectivity index (χ1) is 10.7. The van der Waals surface area contributed by atoms with Gasteiger partial charge in [-0.1, -0.05) is 12.1 Å². The molecule has 0 N–H and O–H groups in total. The second-order valence-electron chi connectivity index (χ2n) is 4.54. The highest BCUT2D eigenvalue weighted by Gasteiger charge is 2.12. The normalized spacial score (nSPS) is 12.3. The van der Waals surface area contributed by atoms with Gasteiger partial charge in [0, 0.05) is 11.6 Å². The van der Waals surface area contributed by atoms with E-state index in [1.54, 1.807) is 35.6 Å². The Labute approximate surface area is 134 Å². The molecule has 3 aromatic rings. The second-order valence-corrected chi connectivity index (χ2v) is 6.67. The SMILES string of the molecule is COc1ccccc1-c1nc(Cn2cnnc2[S@@](C)=O)cs1. The van der Waals surface area contributed by atoms with Gasteiger partial charge in [0.1, 0.15) is 17.1 Å². The summed E-state index contributed by atoms with van der Waals surface area (Å²) in [5, 5.41) is 11.0. The molecule has 0 saturated carbocycles. The van der Waals surface area contributed by atoms with Crippen molar-refractivity contribution in [1.29, 1.82) is 0 Å². The third-order valence-electron chi connectivity index (χ3n) is 3.06. The van der Waals surface area contributed by atoms with Crippen LogP contribution in [0.4, 0.5) is 0 Å². The van der Waals surface area contributed by atoms with Crippen LogP contribution in [0.5, 0.6) is 5.75 Å². The molecule has 0 radical (unpaired) electrons. The Morgan fingerprint density at radius 3 is 2.95 bits per heavy atom. The van der Waals surface area contributed by atoms with Crippen LogP contribution in [0.2, 0.25) is 0 Å². The van der Waals surface area contributed by atoms with Crippen molar-refractivity contribution in [3.05, 3.63) is 41.7 Å². The Bertz CT molecular complexity index is 813. The van der Waals surface area contributed by atoms with Crippen LogP contribution < -0.4 is 4.74 Å². The molecule has 0 unspecified atom stereocenters. The number of nitrogens with zero attached hydrogens (tertiary/aromatic N) is 4. The fourth-order valence-corrected chi connectivity index (χ4v) is 3.52. The van der Waals surface area contributed by atoms with E-state index in [9.17, 15) is 4.21 Å². The maximum atomic E-state index is 11.6. The molecule has 2 heterocycles. The molecule has 6 nitrogen and oxygen atoms in total. The summed E-state index contributed by atoms with van der Waals surface area (Å²) in [6.45, 7) is 0.494. The van der Waals surface area contributed by atoms with Gasteiger partial charge in [-0.15, -0.1) is 21.5 Å². The Morgan fingerprint density at radius 1 is 1.36 bits per heavy atom. The molecule has 0 spiro atoms. The van der Waals surface area contributed by atoms with E-state index >= 15 is 0 Å². The van der Waals surface area contributed by atoms with E-state index in [2.05, 4.69) is 15.2 Å². The molecule has 3 rings (SSSR count). The maximum absolute atomic E-state index is 11.6. The van der Waals surface area contributed by atoms with Gasteiger partial charge in [-0.3, -0.25) is 4.21 Å². The lowest BCUT2D eigenvalue weighted by Crippen LogP contribution is -2.05. The first-order valence-electron chi connectivity index (χ1n) is 6.48. The molecule has 114 valence electrons. The van der Waals surface area contributed by atoms with E-state index in [-0.39, 0.29) is 0 Å². The molecule has 0 bridgehead atoms. The highest BCUT2D eigenvalue weighted by Crippen LogP contribution is 2.32. The third kappa shape index (κ3) is 2.93. The number of para-hydroxylation sites is 1. The predicted molar refractivity (Wildman–Crippen MR) is 85.6 cm³/mol. The van der Waals surface area contributed by atoms with Gasteiger partial charge in [0.25, 0.3) is 0 Å². The number of hydrogen-bond acceptors (Lipinski definition) is 6. The van der Waals surface area contributed by atoms with E-state index in [0.29, 0.717) is 11.7 Å². The lowest BCUT2D eigenvalue weighted by Gasteiger charge is -2.05. The minimum Gasteiger partial charge on any atom is -0.496 e. The van der Waals surface area contributed by atoms with Crippen LogP contribution in [0.3, 0.4) is 0 Å². The number of methoxy groups -OCH3 is 1. The molecule has 1 atom stereocenters. The van der Waals surface area contributed by atoms with Crippen molar-refractivity contribution in [2.24, 2.45) is 0 Å². The van der Waals surface area contributed by atoms with Crippen molar-refractivity contribution in [2.75, 3.05) is 13.4 Å². The first-order valence-corrected chi connectivity index (χ1v) is 8.92. The monoisotopic (exact) mass is 334 g/mol. The zero-order chi connectivity index (χ0) is 15.5. The summed E-state index contributed by atoms with van der Waals surface area (Å²) in [5.41, 5.74) is 1.83. The van der Waals surface area contributed by atoms with E-state index in [4.69, 9.17) is 4.74 Å². The molecule has 8 heteroatoms. The van der Waals surface area contributed by atoms with Gasteiger partial charge in [-0.2, -0.15) is 0 Å². The quantitative estimate of drug-likeness (QED) is 0.715. The summed E-state index contributed by atoms with van der Waals surface area (Å²) in [5.74, 6) is 0.794. The number of rotatable bonds is 5. The topological polar surface area (TPSA) is 69.9 Å². The molecule has 1 aromatic carbocycles. The molecular formula is C14H14N4O2S2. The predicted octanol–water partition coefficient (Wildman–Crippen LogP) is 2.20. The minimum atomic E-state index is -1.17. The van der Waals surface area contributed by atoms with Crippen molar-refractivity contribution >= 4 is 22.1 Å². The molecule has 0 aliphatic rings. The third-order valence-corrected chi connectivity index (χ3v) is 4.81. The minimum absolute atomic E-state index is 0.451. The zero-order valence-corrected chi connectivity index (χ0v) is 13.7. The molecule has 2 aromatic heterocycles. The van der Waals surface area contributed by atoms with Crippen LogP contribution >= 0.6 is 11.3 Å². The van der Waals surface area contributed by atoms with E-state index in [1.165, 1.54) is 0 Å². The second kappa shape index (κ2) is 6.37. The molecule has 22 heavy (non-hydrogen) atoms. The van der Waals surface area contributed by atoms with Crippen LogP contribution in [0, 0.1) is 0 Å². The van der Waals surface area contributed by atoms with Crippen molar-refractivity contribution < 1.29 is 8.95 Å². The summed E-state index contributed by atoms with van der Waals surface area (Å²) >= 11 is 1.55. The molecule has 0 aliphatic carbocycles. The van der Waals surface area contributed by atoms with Crippen molar-refractivity contribution in [3.8, 4) is 16.3 Å². The molecular weight excluding hydrogens is 320 g/mol. The number of benzene rings is 1. The Balaban J connectivity index is 1.88. The van der Waals surface area contributed by atoms with E-state index in [0.717, 1.165) is 22.0 Å². The van der Waals surface area contributed by atoms with E-state index < -0.39 is 10.8 Å². The van der Waals surface area contributed by atoms with Crippen molar-refractivity contribution in [1.82, 2.24) is 19.7 Å². The summed E-state index contributed by atoms with van der Waals surface area (Å²) in [7, 11) is 0.474. The average Bonchev–Trinajstić information content (AvgIpc) is 3.17. The van der Waals surface area contributed by atoms with Gasteiger partial charge in [-0.05, 0) is 12.1 Å². The Morgan fingerprint density at radius 2 is 2.18 bits per heavy atom. The first kappa shape index (κ1) is 14.9. The molecule has 0 fully saturated rings. The summed E-state index contributed by atoms with van der Waals surface area (Å²) in [4.78, 5) is 4.63. The standard InChI is InChI=1S/C14H14N4O2S2/c1-20-12-6-4-3-5-11(12)13-16-10(8-21-13)7-18-9-15-17-14(18)22(2)19/h3-6,8-9H,7H2,1-2H3/t22-/m1/s1. The largest absolute Gasteiger partial charge is 0.496 e. The van der Waals surface area contributed by atoms with Crippen LogP contribution in [-0.2, 0) is 17.3 Å². The number of hydrogen-bond donors (Lipinski definition) is 0. The highest BCUT2D eigenvalue weighted by molar-refractivity contribution is 7.84. The summed E-state index contributed by atoms with van der Waals surface area (Å²) in [6.07, 6.45) is 3.15. The van der Waals surface area contributed by atoms with Crippen LogP contribution in [0.1, 0.15) is 5.69 Å². The van der Waals surface area contributed by atoms with Crippen molar-refractivity contribution in [3.63, 3.8) is 0 Å². The molecule has 0 amide bonds. The van der Waals surface area contributed by atoms with Crippen LogP contribution in [0.15, 0.2) is 41.1 Å². The van der Waals surface area contributed by atoms with Crippen molar-refractivity contribution in [2.45, 2.75) is 11.7 Å². The van der Waals surface area contributed by atoms with Crippen LogP contribution in [-0.4, -0.2) is 37.3 Å². The van der Waals surface area contributed by atoms with Gasteiger partial charge in [0.2, 0.25) is 5.16 Å². The summed E-state index contributed by atoms with van der Waals surface area (Å²) in [6, 6.07) is 7.77. The highest BCUT2D eigenvalue weighted by atomic mass is 32.2. The van der Waals surface area contributed by atoms with E-state index in [1.807, 2.05) is 29.6 Å². The lowest BCUT2D eigenvalue weighted by atomic mass is 10.2. The molecule has 0 saturated heterocycles. The number of ether oxygens (including phenoxy) is 1. The maximum Gasteiger partial charge on any atom is 0.221 e. The average molecular weight is 334 g/mol. The van der Waals surface area contributed by atoms with Gasteiger partial charge >= 0.3 is 0 Å². The van der Waals surface area contributed by atoms with Gasteiger partial charge < -0.3 is 9.30 Å². The Hall–Kier alpha value is -2.06. The number of thiazole rings is 1. The number of aromatic nitrogens is 4. The fraction of sp³-hybridized carbons (Fsp3) is 0.214. The van der Waals surface area contributed by atoms with Gasteiger partial charge in [-0.25, -0.2) is 4.98 Å². The fourth-order valence-electron chi connectivity index (χ4n) is 2.07. The zero-order valence-electron chi connectivity index (χ0n) is 12.1. The lowest BCUT2D eigenvalue weighted by molar-refractivity contribution is 0.416. The van der Waals surface area contributed by atoms with Gasteiger partial charge in [0.15, 0.2) is 0 Å². The summed E-state index contributed by atoms with van der Waals surface area (Å²) < 4.78 is 18.7. The molecule has 0 aliphatic heterocycles. The van der Waals surface area contributed by atoms with Crippen LogP contribution in [0.25, 0.3) is 10.6 Å².